The second kappa shape index (κ2) is 20.4. The maximum absolute atomic E-state index is 10.7. The number of methoxy groups -OCH3 is 2. The van der Waals surface area contributed by atoms with Crippen LogP contribution >= 0.6 is 23.2 Å². The molecule has 0 radical (unpaired) electrons. The molecule has 40 heavy (non-hydrogen) atoms. The Kier molecular flexibility index (Phi) is 19.7. The van der Waals surface area contributed by atoms with Crippen molar-refractivity contribution in [3.8, 4) is 0 Å². The molecule has 0 bridgehead atoms. The second-order valence-electron chi connectivity index (χ2n) is 8.15. The number of rotatable bonds is 8. The van der Waals surface area contributed by atoms with E-state index in [2.05, 4.69) is 18.3 Å². The maximum Gasteiger partial charge on any atom is 0.522 e. The highest BCUT2D eigenvalue weighted by atomic mass is 35.5. The molecule has 1 atom stereocenters. The van der Waals surface area contributed by atoms with Gasteiger partial charge in [0, 0.05) is 37.4 Å². The Morgan fingerprint density at radius 2 is 1.68 bits per heavy atom. The van der Waals surface area contributed by atoms with Gasteiger partial charge in [-0.1, -0.05) is 66.9 Å². The zero-order valence-electron chi connectivity index (χ0n) is 22.9. The lowest BCUT2D eigenvalue weighted by atomic mass is 9.97. The van der Waals surface area contributed by atoms with Gasteiger partial charge >= 0.3 is 15.6 Å². The molecule has 0 saturated carbocycles. The molecule has 3 N–H and O–H groups in total. The molecule has 8 nitrogen and oxygen atoms in total. The first-order valence-electron chi connectivity index (χ1n) is 12.2. The number of benzene rings is 2. The van der Waals surface area contributed by atoms with Gasteiger partial charge in [-0.25, -0.2) is 0 Å². The Balaban J connectivity index is 0.000000526. The average Bonchev–Trinajstić information content (AvgIpc) is 2.90. The van der Waals surface area contributed by atoms with Crippen LogP contribution in [-0.4, -0.2) is 70.9 Å². The van der Waals surface area contributed by atoms with Crippen molar-refractivity contribution in [3.05, 3.63) is 69.2 Å². The molecule has 3 rings (SSSR count). The zero-order valence-corrected chi connectivity index (χ0v) is 25.2. The minimum absolute atomic E-state index is 0.000000000000000444. The number of aliphatic hydroxyl groups excluding tert-OH is 1. The van der Waals surface area contributed by atoms with Crippen LogP contribution < -0.4 is 5.32 Å². The predicted octanol–water partition coefficient (Wildman–Crippen LogP) is 5.85. The highest BCUT2D eigenvalue weighted by Gasteiger charge is 2.44. The van der Waals surface area contributed by atoms with Crippen molar-refractivity contribution >= 4 is 33.3 Å². The van der Waals surface area contributed by atoms with Crippen LogP contribution in [0.4, 0.5) is 13.2 Å². The van der Waals surface area contributed by atoms with Gasteiger partial charge in [-0.15, -0.1) is 0 Å². The van der Waals surface area contributed by atoms with Gasteiger partial charge in [-0.3, -0.25) is 4.55 Å². The summed E-state index contributed by atoms with van der Waals surface area (Å²) in [5, 5.41) is 13.3. The highest BCUT2D eigenvalue weighted by Crippen LogP contribution is 2.31. The number of halogens is 5. The molecule has 1 unspecified atom stereocenters. The lowest BCUT2D eigenvalue weighted by molar-refractivity contribution is -0.106. The second-order valence-corrected chi connectivity index (χ2v) is 10.4. The molecular formula is C26H38Cl2F3NO7S. The minimum atomic E-state index is -5.84. The molecular weight excluding hydrogens is 598 g/mol. The topological polar surface area (TPSA) is 114 Å². The van der Waals surface area contributed by atoms with Crippen LogP contribution in [0.15, 0.2) is 42.5 Å². The Bertz CT molecular complexity index is 1070. The number of alkyl halides is 3. The maximum atomic E-state index is 10.7. The van der Waals surface area contributed by atoms with Crippen LogP contribution in [0.1, 0.15) is 42.6 Å². The average molecular weight is 637 g/mol. The van der Waals surface area contributed by atoms with Gasteiger partial charge in [0.05, 0.1) is 12.7 Å². The third kappa shape index (κ3) is 14.9. The summed E-state index contributed by atoms with van der Waals surface area (Å²) in [7, 11) is -0.594. The smallest absolute Gasteiger partial charge is 0.396 e. The van der Waals surface area contributed by atoms with E-state index in [4.69, 9.17) is 55.5 Å². The van der Waals surface area contributed by atoms with Crippen molar-refractivity contribution < 1.29 is 45.5 Å². The molecule has 0 saturated heterocycles. The summed E-state index contributed by atoms with van der Waals surface area (Å²) in [5.41, 5.74) is -2.04. The van der Waals surface area contributed by atoms with Crippen molar-refractivity contribution in [3.63, 3.8) is 0 Å². The number of hydrogen-bond acceptors (Lipinski definition) is 7. The van der Waals surface area contributed by atoms with Crippen LogP contribution in [0.2, 0.25) is 10.0 Å². The molecule has 0 spiro atoms. The summed E-state index contributed by atoms with van der Waals surface area (Å²) in [4.78, 5) is 0. The van der Waals surface area contributed by atoms with E-state index in [1.807, 2.05) is 43.4 Å². The first-order chi connectivity index (χ1) is 18.8. The largest absolute Gasteiger partial charge is 0.522 e. The van der Waals surface area contributed by atoms with Crippen LogP contribution in [-0.2, 0) is 37.2 Å². The van der Waals surface area contributed by atoms with E-state index in [9.17, 15) is 13.2 Å². The molecule has 1 aliphatic rings. The molecule has 0 amide bonds. The monoisotopic (exact) mass is 635 g/mol. The number of nitrogens with one attached hydrogen (secondary N) is 1. The summed E-state index contributed by atoms with van der Waals surface area (Å²) in [6, 6.07) is 13.6. The fourth-order valence-electron chi connectivity index (χ4n) is 3.28. The Labute approximate surface area is 244 Å². The van der Waals surface area contributed by atoms with E-state index >= 15 is 0 Å². The third-order valence-corrected chi connectivity index (χ3v) is 6.55. The number of hydrogen-bond donors (Lipinski definition) is 3. The van der Waals surface area contributed by atoms with E-state index < -0.39 is 15.6 Å². The van der Waals surface area contributed by atoms with Crippen molar-refractivity contribution in [1.82, 2.24) is 5.32 Å². The standard InChI is InChI=1S/C11H14ClNO.C8H9ClO.C6H14O2.CHF3O3S/c1-13-7-11-9-3-2-4-10(12)8(9)5-6-14-11;9-8-4-2-1-3-7(8)5-6-10;1-4-5-6(7-2)8-3;2-1(3,4)8(5,6)7/h2-4,11,13H,5-7H2,1H3;1-4,10H,5-6H2;6H,4-5H2,1-3H3;(H,5,6,7). The van der Waals surface area contributed by atoms with Crippen molar-refractivity contribution in [2.75, 3.05) is 41.0 Å². The SMILES string of the molecule is CCCC(OC)OC.CNCC1OCCc2c(Cl)cccc21.O=S(=O)(O)C(F)(F)F.OCCc1ccccc1Cl. The van der Waals surface area contributed by atoms with Gasteiger partial charge in [0.15, 0.2) is 6.29 Å². The molecule has 0 aromatic heterocycles. The van der Waals surface area contributed by atoms with E-state index in [-0.39, 0.29) is 19.0 Å². The number of aliphatic hydroxyl groups is 1. The fraction of sp³-hybridized carbons (Fsp3) is 0.538. The van der Waals surface area contributed by atoms with Crippen LogP contribution in [0.25, 0.3) is 0 Å². The van der Waals surface area contributed by atoms with E-state index in [0.29, 0.717) is 6.42 Å². The third-order valence-electron chi connectivity index (χ3n) is 5.24. The van der Waals surface area contributed by atoms with Gasteiger partial charge in [0.2, 0.25) is 0 Å². The Hall–Kier alpha value is -1.48. The van der Waals surface area contributed by atoms with E-state index in [0.717, 1.165) is 48.0 Å². The summed E-state index contributed by atoms with van der Waals surface area (Å²) in [6.45, 7) is 3.87. The van der Waals surface area contributed by atoms with Gasteiger partial charge < -0.3 is 24.6 Å². The van der Waals surface area contributed by atoms with Crippen molar-refractivity contribution in [2.45, 2.75) is 50.5 Å². The van der Waals surface area contributed by atoms with Gasteiger partial charge in [0.1, 0.15) is 0 Å². The molecule has 1 heterocycles. The van der Waals surface area contributed by atoms with Gasteiger partial charge in [0.25, 0.3) is 0 Å². The predicted molar refractivity (Wildman–Crippen MR) is 150 cm³/mol. The molecule has 2 aromatic carbocycles. The minimum Gasteiger partial charge on any atom is -0.396 e. The van der Waals surface area contributed by atoms with E-state index in [1.54, 1.807) is 14.2 Å². The zero-order chi connectivity index (χ0) is 30.8. The lowest BCUT2D eigenvalue weighted by Crippen LogP contribution is -2.25. The summed E-state index contributed by atoms with van der Waals surface area (Å²) in [6.07, 6.45) is 3.80. The fourth-order valence-corrected chi connectivity index (χ4v) is 3.78. The first kappa shape index (κ1) is 38.5. The molecule has 1 aliphatic heterocycles. The molecule has 0 fully saturated rings. The van der Waals surface area contributed by atoms with Crippen molar-refractivity contribution in [2.24, 2.45) is 0 Å². The van der Waals surface area contributed by atoms with Gasteiger partial charge in [-0.05, 0) is 55.1 Å². The number of likely N-dealkylation sites (N-methyl/N-ethyl adjacent to an activating group) is 1. The Morgan fingerprint density at radius 1 is 1.10 bits per heavy atom. The van der Waals surface area contributed by atoms with Crippen LogP contribution in [0, 0.1) is 0 Å². The normalized spacial score (nSPS) is 14.6. The van der Waals surface area contributed by atoms with E-state index in [1.165, 1.54) is 11.1 Å². The lowest BCUT2D eigenvalue weighted by Gasteiger charge is -2.26. The van der Waals surface area contributed by atoms with Crippen LogP contribution in [0.5, 0.6) is 0 Å². The highest BCUT2D eigenvalue weighted by molar-refractivity contribution is 7.86. The molecule has 230 valence electrons. The number of fused-ring (bicyclic) bond motifs is 1. The van der Waals surface area contributed by atoms with Gasteiger partial charge in [-0.2, -0.15) is 21.6 Å². The summed E-state index contributed by atoms with van der Waals surface area (Å²) in [5.74, 6) is 0. The van der Waals surface area contributed by atoms with Crippen LogP contribution in [0.3, 0.4) is 0 Å². The molecule has 0 aliphatic carbocycles. The summed E-state index contributed by atoms with van der Waals surface area (Å²) >= 11 is 11.9. The first-order valence-corrected chi connectivity index (χ1v) is 14.4. The molecule has 14 heteroatoms. The summed E-state index contributed by atoms with van der Waals surface area (Å²) < 4.78 is 73.1. The molecule has 2 aromatic rings. The Morgan fingerprint density at radius 3 is 2.12 bits per heavy atom. The quantitative estimate of drug-likeness (QED) is 0.188. The number of ether oxygens (including phenoxy) is 3. The van der Waals surface area contributed by atoms with Crippen molar-refractivity contribution in [1.29, 1.82) is 0 Å².